The summed E-state index contributed by atoms with van der Waals surface area (Å²) in [6.07, 6.45) is 4.12. The number of carbonyl (C=O) groups excluding carboxylic acids is 2. The minimum absolute atomic E-state index is 0.242. The Labute approximate surface area is 160 Å². The zero-order valence-electron chi connectivity index (χ0n) is 14.3. The second kappa shape index (κ2) is 7.37. The molecule has 0 bridgehead atoms. The number of carbonyl (C=O) groups is 2. The van der Waals surface area contributed by atoms with E-state index in [-0.39, 0.29) is 17.0 Å². The second-order valence-corrected chi connectivity index (χ2v) is 7.17. The molecule has 1 heterocycles. The van der Waals surface area contributed by atoms with Crippen LogP contribution in [-0.4, -0.2) is 29.7 Å². The van der Waals surface area contributed by atoms with E-state index in [9.17, 15) is 9.59 Å². The lowest BCUT2D eigenvalue weighted by atomic mass is 9.63. The van der Waals surface area contributed by atoms with E-state index >= 15 is 0 Å². The number of aliphatic imine (C=N–C) groups is 1. The van der Waals surface area contributed by atoms with Crippen LogP contribution in [0.25, 0.3) is 0 Å². The number of hydrogen-bond acceptors (Lipinski definition) is 3. The maximum absolute atomic E-state index is 12.5. The maximum Gasteiger partial charge on any atom is 0.280 e. The number of nitrogens with zero attached hydrogens (tertiary/aromatic N) is 2. The molecule has 2 aromatic rings. The van der Waals surface area contributed by atoms with Gasteiger partial charge in [0.2, 0.25) is 0 Å². The number of hydrogen-bond donors (Lipinski definition) is 2. The fourth-order valence-electron chi connectivity index (χ4n) is 3.06. The molecule has 1 saturated carbocycles. The first-order valence-corrected chi connectivity index (χ1v) is 9.09. The number of nitrogens with two attached hydrogens (primary N) is 1. The molecular weight excluding hydrogens is 396 g/mol. The van der Waals surface area contributed by atoms with Gasteiger partial charge in [0.1, 0.15) is 11.5 Å². The Morgan fingerprint density at radius 2 is 1.88 bits per heavy atom. The molecule has 3 N–H and O–H groups in total. The summed E-state index contributed by atoms with van der Waals surface area (Å²) in [4.78, 5) is 32.1. The molecule has 1 aromatic carbocycles. The van der Waals surface area contributed by atoms with Crippen LogP contribution in [0, 0.1) is 0 Å². The van der Waals surface area contributed by atoms with Crippen molar-refractivity contribution in [3.63, 3.8) is 0 Å². The minimum Gasteiger partial charge on any atom is -0.386 e. The summed E-state index contributed by atoms with van der Waals surface area (Å²) in [5, 5.41) is 2.48. The van der Waals surface area contributed by atoms with Crippen molar-refractivity contribution in [1.29, 1.82) is 0 Å². The summed E-state index contributed by atoms with van der Waals surface area (Å²) in [6, 6.07) is 11.0. The average molecular weight is 415 g/mol. The SMILES string of the molecule is CNC(=O)c1ccc(C(=O)N=C(N)C2(c3ccc(Br)cc3)CCC2)cn1. The number of nitrogens with one attached hydrogen (secondary N) is 1. The largest absolute Gasteiger partial charge is 0.386 e. The topological polar surface area (TPSA) is 97.4 Å². The number of amides is 2. The van der Waals surface area contributed by atoms with Gasteiger partial charge in [-0.2, -0.15) is 4.99 Å². The third-order valence-corrected chi connectivity index (χ3v) is 5.32. The first-order chi connectivity index (χ1) is 12.5. The van der Waals surface area contributed by atoms with E-state index in [2.05, 4.69) is 31.2 Å². The second-order valence-electron chi connectivity index (χ2n) is 6.26. The molecule has 2 amide bonds. The molecule has 0 atom stereocenters. The summed E-state index contributed by atoms with van der Waals surface area (Å²) in [7, 11) is 1.52. The van der Waals surface area contributed by atoms with Crippen LogP contribution in [0.5, 0.6) is 0 Å². The van der Waals surface area contributed by atoms with Gasteiger partial charge in [-0.15, -0.1) is 0 Å². The highest BCUT2D eigenvalue weighted by atomic mass is 79.9. The van der Waals surface area contributed by atoms with Crippen molar-refractivity contribution in [2.45, 2.75) is 24.7 Å². The van der Waals surface area contributed by atoms with Gasteiger partial charge in [0.25, 0.3) is 11.8 Å². The van der Waals surface area contributed by atoms with Crippen LogP contribution in [0.3, 0.4) is 0 Å². The van der Waals surface area contributed by atoms with Gasteiger partial charge in [0.05, 0.1) is 11.0 Å². The highest BCUT2D eigenvalue weighted by Gasteiger charge is 2.42. The number of amidine groups is 1. The van der Waals surface area contributed by atoms with Crippen molar-refractivity contribution < 1.29 is 9.59 Å². The molecule has 1 aliphatic rings. The zero-order valence-corrected chi connectivity index (χ0v) is 15.9. The lowest BCUT2D eigenvalue weighted by Gasteiger charge is -2.41. The van der Waals surface area contributed by atoms with Gasteiger partial charge in [-0.05, 0) is 42.7 Å². The first-order valence-electron chi connectivity index (χ1n) is 8.29. The zero-order chi connectivity index (χ0) is 18.7. The predicted octanol–water partition coefficient (Wildman–Crippen LogP) is 2.82. The molecule has 0 unspecified atom stereocenters. The molecule has 0 spiro atoms. The number of pyridine rings is 1. The Bertz CT molecular complexity index is 856. The highest BCUT2D eigenvalue weighted by molar-refractivity contribution is 9.10. The van der Waals surface area contributed by atoms with Gasteiger partial charge in [-0.25, -0.2) is 0 Å². The molecule has 134 valence electrons. The van der Waals surface area contributed by atoms with Crippen molar-refractivity contribution in [3.05, 3.63) is 63.9 Å². The van der Waals surface area contributed by atoms with E-state index in [1.165, 1.54) is 25.4 Å². The Morgan fingerprint density at radius 3 is 2.38 bits per heavy atom. The van der Waals surface area contributed by atoms with Crippen LogP contribution in [-0.2, 0) is 5.41 Å². The van der Waals surface area contributed by atoms with E-state index in [1.807, 2.05) is 24.3 Å². The third-order valence-electron chi connectivity index (χ3n) is 4.79. The van der Waals surface area contributed by atoms with Crippen LogP contribution in [0.4, 0.5) is 0 Å². The molecular formula is C19H19BrN4O2. The lowest BCUT2D eigenvalue weighted by molar-refractivity contribution is 0.0954. The van der Waals surface area contributed by atoms with E-state index < -0.39 is 5.91 Å². The van der Waals surface area contributed by atoms with Gasteiger partial charge in [-0.3, -0.25) is 14.6 Å². The fraction of sp³-hybridized carbons (Fsp3) is 0.263. The molecule has 0 aliphatic heterocycles. The minimum atomic E-state index is -0.457. The monoisotopic (exact) mass is 414 g/mol. The van der Waals surface area contributed by atoms with Crippen molar-refractivity contribution in [1.82, 2.24) is 10.3 Å². The Balaban J connectivity index is 1.84. The summed E-state index contributed by atoms with van der Waals surface area (Å²) < 4.78 is 0.990. The molecule has 1 aliphatic carbocycles. The Morgan fingerprint density at radius 1 is 1.19 bits per heavy atom. The molecule has 6 nitrogen and oxygen atoms in total. The standard InChI is InChI=1S/C19H19BrN4O2/c1-22-17(26)15-8-3-12(11-23-15)16(25)24-18(21)19(9-2-10-19)13-4-6-14(20)7-5-13/h3-8,11H,2,9-10H2,1H3,(H,22,26)(H2,21,24,25). The lowest BCUT2D eigenvalue weighted by Crippen LogP contribution is -2.47. The van der Waals surface area contributed by atoms with Gasteiger partial charge in [0.15, 0.2) is 0 Å². The molecule has 1 fully saturated rings. The molecule has 26 heavy (non-hydrogen) atoms. The van der Waals surface area contributed by atoms with E-state index in [1.54, 1.807) is 0 Å². The van der Waals surface area contributed by atoms with Crippen molar-refractivity contribution >= 4 is 33.6 Å². The van der Waals surface area contributed by atoms with Crippen molar-refractivity contribution in [2.24, 2.45) is 10.7 Å². The molecule has 1 aromatic heterocycles. The van der Waals surface area contributed by atoms with Crippen molar-refractivity contribution in [3.8, 4) is 0 Å². The van der Waals surface area contributed by atoms with Crippen LogP contribution in [0.15, 0.2) is 52.1 Å². The molecule has 3 rings (SSSR count). The number of benzene rings is 1. The Kier molecular flexibility index (Phi) is 5.18. The average Bonchev–Trinajstić information content (AvgIpc) is 2.61. The van der Waals surface area contributed by atoms with Gasteiger partial charge in [0, 0.05) is 17.7 Å². The number of aromatic nitrogens is 1. The fourth-order valence-corrected chi connectivity index (χ4v) is 3.32. The van der Waals surface area contributed by atoms with Crippen LogP contribution in [0.1, 0.15) is 45.7 Å². The first kappa shape index (κ1) is 18.3. The molecule has 7 heteroatoms. The summed E-state index contributed by atoms with van der Waals surface area (Å²) in [5.74, 6) is -0.441. The van der Waals surface area contributed by atoms with Gasteiger partial charge >= 0.3 is 0 Å². The van der Waals surface area contributed by atoms with Crippen LogP contribution >= 0.6 is 15.9 Å². The van der Waals surface area contributed by atoms with Crippen molar-refractivity contribution in [2.75, 3.05) is 7.05 Å². The van der Waals surface area contributed by atoms with Gasteiger partial charge in [-0.1, -0.05) is 34.5 Å². The van der Waals surface area contributed by atoms with E-state index in [0.29, 0.717) is 11.4 Å². The Hall–Kier alpha value is -2.54. The number of halogens is 1. The molecule has 0 radical (unpaired) electrons. The predicted molar refractivity (Wildman–Crippen MR) is 103 cm³/mol. The van der Waals surface area contributed by atoms with E-state index in [0.717, 1.165) is 29.3 Å². The maximum atomic E-state index is 12.5. The summed E-state index contributed by atoms with van der Waals surface area (Å²) in [5.41, 5.74) is 7.47. The quantitative estimate of drug-likeness (QED) is 0.593. The van der Waals surface area contributed by atoms with Gasteiger partial charge < -0.3 is 11.1 Å². The highest BCUT2D eigenvalue weighted by Crippen LogP contribution is 2.44. The molecule has 0 saturated heterocycles. The van der Waals surface area contributed by atoms with E-state index in [4.69, 9.17) is 5.73 Å². The number of rotatable bonds is 4. The summed E-state index contributed by atoms with van der Waals surface area (Å²) >= 11 is 3.43. The van der Waals surface area contributed by atoms with Crippen LogP contribution in [0.2, 0.25) is 0 Å². The summed E-state index contributed by atoms with van der Waals surface area (Å²) in [6.45, 7) is 0. The third kappa shape index (κ3) is 3.39. The normalized spacial score (nSPS) is 15.8. The van der Waals surface area contributed by atoms with Crippen LogP contribution < -0.4 is 11.1 Å². The smallest absolute Gasteiger partial charge is 0.280 e.